The molecule has 0 aliphatic rings. The van der Waals surface area contributed by atoms with Gasteiger partial charge in [0.05, 0.1) is 11.2 Å². The van der Waals surface area contributed by atoms with Gasteiger partial charge < -0.3 is 11.1 Å². The van der Waals surface area contributed by atoms with Gasteiger partial charge in [-0.25, -0.2) is 0 Å². The topological polar surface area (TPSA) is 72.9 Å². The number of nitrogens with one attached hydrogen (secondary N) is 1. The van der Waals surface area contributed by atoms with Crippen LogP contribution >= 0.6 is 0 Å². The lowest BCUT2D eigenvalue weighted by Gasteiger charge is -2.33. The van der Waals surface area contributed by atoms with Crippen molar-refractivity contribution in [2.75, 3.05) is 6.54 Å². The summed E-state index contributed by atoms with van der Waals surface area (Å²) in [5, 5.41) is 7.28. The van der Waals surface area contributed by atoms with E-state index in [1.54, 1.807) is 4.68 Å². The van der Waals surface area contributed by atoms with Crippen LogP contribution in [0.4, 0.5) is 0 Å². The Morgan fingerprint density at radius 2 is 2.17 bits per heavy atom. The van der Waals surface area contributed by atoms with Gasteiger partial charge in [0, 0.05) is 12.2 Å². The highest BCUT2D eigenvalue weighted by molar-refractivity contribution is 5.76. The van der Waals surface area contributed by atoms with Gasteiger partial charge in [-0.1, -0.05) is 13.8 Å². The minimum Gasteiger partial charge on any atom is -0.348 e. The van der Waals surface area contributed by atoms with Crippen LogP contribution in [0.1, 0.15) is 32.2 Å². The van der Waals surface area contributed by atoms with Gasteiger partial charge in [-0.15, -0.1) is 0 Å². The van der Waals surface area contributed by atoms with Crippen LogP contribution in [0.3, 0.4) is 0 Å². The van der Waals surface area contributed by atoms with E-state index in [1.807, 2.05) is 26.8 Å². The second-order valence-electron chi connectivity index (χ2n) is 5.41. The van der Waals surface area contributed by atoms with Gasteiger partial charge in [-0.3, -0.25) is 9.48 Å². The molecule has 1 aromatic rings. The first-order chi connectivity index (χ1) is 8.28. The summed E-state index contributed by atoms with van der Waals surface area (Å²) in [5.41, 5.74) is 7.29. The number of carbonyl (C=O) groups excluding carboxylic acids is 1. The van der Waals surface area contributed by atoms with E-state index in [-0.39, 0.29) is 23.9 Å². The summed E-state index contributed by atoms with van der Waals surface area (Å²) in [4.78, 5) is 12.0. The van der Waals surface area contributed by atoms with Crippen LogP contribution in [0.25, 0.3) is 0 Å². The van der Waals surface area contributed by atoms with Gasteiger partial charge >= 0.3 is 0 Å². The zero-order valence-corrected chi connectivity index (χ0v) is 11.9. The number of hydrogen-bond donors (Lipinski definition) is 2. The Morgan fingerprint density at radius 3 is 2.56 bits per heavy atom. The van der Waals surface area contributed by atoms with Crippen LogP contribution in [0.15, 0.2) is 6.07 Å². The van der Waals surface area contributed by atoms with E-state index in [2.05, 4.69) is 24.3 Å². The van der Waals surface area contributed by atoms with E-state index < -0.39 is 0 Å². The van der Waals surface area contributed by atoms with Crippen LogP contribution in [-0.4, -0.2) is 27.8 Å². The summed E-state index contributed by atoms with van der Waals surface area (Å²) in [6.45, 7) is 10.6. The van der Waals surface area contributed by atoms with Gasteiger partial charge in [-0.2, -0.15) is 5.10 Å². The molecular weight excluding hydrogens is 228 g/mol. The Bertz CT molecular complexity index is 425. The molecule has 18 heavy (non-hydrogen) atoms. The first-order valence-electron chi connectivity index (χ1n) is 6.30. The Kier molecular flexibility index (Phi) is 4.51. The average molecular weight is 252 g/mol. The van der Waals surface area contributed by atoms with Crippen molar-refractivity contribution >= 4 is 5.91 Å². The van der Waals surface area contributed by atoms with Crippen molar-refractivity contribution in [1.82, 2.24) is 15.1 Å². The van der Waals surface area contributed by atoms with E-state index in [4.69, 9.17) is 5.73 Å². The number of aromatic nitrogens is 2. The summed E-state index contributed by atoms with van der Waals surface area (Å²) in [6, 6.07) is 1.96. The quantitative estimate of drug-likeness (QED) is 0.820. The van der Waals surface area contributed by atoms with Gasteiger partial charge in [0.15, 0.2) is 0 Å². The maximum Gasteiger partial charge on any atom is 0.242 e. The summed E-state index contributed by atoms with van der Waals surface area (Å²) in [7, 11) is 0. The van der Waals surface area contributed by atoms with E-state index in [0.29, 0.717) is 6.54 Å². The lowest BCUT2D eigenvalue weighted by molar-refractivity contribution is -0.124. The average Bonchev–Trinajstić information content (AvgIpc) is 2.56. The highest BCUT2D eigenvalue weighted by Crippen LogP contribution is 2.14. The lowest BCUT2D eigenvalue weighted by Crippen LogP contribution is -2.55. The third-order valence-electron chi connectivity index (χ3n) is 3.52. The van der Waals surface area contributed by atoms with Crippen LogP contribution in [0.2, 0.25) is 0 Å². The highest BCUT2D eigenvalue weighted by atomic mass is 16.2. The number of rotatable bonds is 5. The first-order valence-corrected chi connectivity index (χ1v) is 6.30. The van der Waals surface area contributed by atoms with Crippen molar-refractivity contribution in [2.45, 2.75) is 46.7 Å². The fourth-order valence-electron chi connectivity index (χ4n) is 1.76. The molecule has 0 saturated carbocycles. The van der Waals surface area contributed by atoms with Gasteiger partial charge in [0.25, 0.3) is 0 Å². The molecular formula is C13H24N4O. The fourth-order valence-corrected chi connectivity index (χ4v) is 1.76. The number of aryl methyl sites for hydroxylation is 2. The summed E-state index contributed by atoms with van der Waals surface area (Å²) in [5.74, 6) is 0.231. The second-order valence-corrected chi connectivity index (χ2v) is 5.41. The fraction of sp³-hybridized carbons (Fsp3) is 0.692. The van der Waals surface area contributed by atoms with Crippen LogP contribution in [0, 0.1) is 19.8 Å². The maximum absolute atomic E-state index is 12.0. The predicted octanol–water partition coefficient (Wildman–Crippen LogP) is 0.990. The maximum atomic E-state index is 12.0. The third-order valence-corrected chi connectivity index (χ3v) is 3.52. The van der Waals surface area contributed by atoms with Crippen molar-refractivity contribution in [3.05, 3.63) is 17.5 Å². The monoisotopic (exact) mass is 252 g/mol. The Balaban J connectivity index is 2.70. The van der Waals surface area contributed by atoms with Gasteiger partial charge in [0.1, 0.15) is 6.54 Å². The van der Waals surface area contributed by atoms with E-state index >= 15 is 0 Å². The number of nitrogens with zero attached hydrogens (tertiary/aromatic N) is 2. The van der Waals surface area contributed by atoms with Crippen LogP contribution < -0.4 is 11.1 Å². The van der Waals surface area contributed by atoms with Gasteiger partial charge in [-0.05, 0) is 32.8 Å². The van der Waals surface area contributed by atoms with Crippen LogP contribution in [0.5, 0.6) is 0 Å². The molecule has 0 radical (unpaired) electrons. The molecule has 0 aliphatic heterocycles. The molecule has 102 valence electrons. The lowest BCUT2D eigenvalue weighted by atomic mass is 9.88. The molecule has 0 saturated heterocycles. The minimum atomic E-state index is -0.368. The standard InChI is InChI=1S/C13H24N4O/c1-9(2)13(5,8-14)15-12(18)7-17-11(4)6-10(3)16-17/h6,9H,7-8,14H2,1-5H3,(H,15,18). The third kappa shape index (κ3) is 3.32. The van der Waals surface area contributed by atoms with E-state index in [9.17, 15) is 4.79 Å². The Morgan fingerprint density at radius 1 is 1.56 bits per heavy atom. The highest BCUT2D eigenvalue weighted by Gasteiger charge is 2.28. The molecule has 5 nitrogen and oxygen atoms in total. The number of amides is 1. The number of nitrogens with two attached hydrogens (primary N) is 1. The molecule has 1 aromatic heterocycles. The van der Waals surface area contributed by atoms with Gasteiger partial charge in [0.2, 0.25) is 5.91 Å². The zero-order chi connectivity index (χ0) is 13.9. The molecule has 0 aliphatic carbocycles. The first kappa shape index (κ1) is 14.7. The smallest absolute Gasteiger partial charge is 0.242 e. The van der Waals surface area contributed by atoms with Crippen molar-refractivity contribution < 1.29 is 4.79 Å². The molecule has 5 heteroatoms. The molecule has 0 aromatic carbocycles. The predicted molar refractivity (Wildman–Crippen MR) is 72.1 cm³/mol. The molecule has 1 rings (SSSR count). The summed E-state index contributed by atoms with van der Waals surface area (Å²) < 4.78 is 1.71. The molecule has 0 bridgehead atoms. The van der Waals surface area contributed by atoms with Crippen molar-refractivity contribution in [3.63, 3.8) is 0 Å². The molecule has 3 N–H and O–H groups in total. The van der Waals surface area contributed by atoms with Crippen LogP contribution in [-0.2, 0) is 11.3 Å². The van der Waals surface area contributed by atoms with E-state index in [0.717, 1.165) is 11.4 Å². The molecule has 1 amide bonds. The SMILES string of the molecule is Cc1cc(C)n(CC(=O)NC(C)(CN)C(C)C)n1. The van der Waals surface area contributed by atoms with Crippen molar-refractivity contribution in [2.24, 2.45) is 11.7 Å². The van der Waals surface area contributed by atoms with Crippen molar-refractivity contribution in [3.8, 4) is 0 Å². The normalized spacial score (nSPS) is 14.6. The van der Waals surface area contributed by atoms with Crippen molar-refractivity contribution in [1.29, 1.82) is 0 Å². The number of hydrogen-bond acceptors (Lipinski definition) is 3. The zero-order valence-electron chi connectivity index (χ0n) is 11.9. The second kappa shape index (κ2) is 5.52. The van der Waals surface area contributed by atoms with E-state index in [1.165, 1.54) is 0 Å². The minimum absolute atomic E-state index is 0.0529. The Labute approximate surface area is 109 Å². The molecule has 1 unspecified atom stereocenters. The molecule has 1 atom stereocenters. The number of carbonyl (C=O) groups is 1. The molecule has 0 fully saturated rings. The Hall–Kier alpha value is -1.36. The largest absolute Gasteiger partial charge is 0.348 e. The molecule has 0 spiro atoms. The molecule has 1 heterocycles. The summed E-state index contributed by atoms with van der Waals surface area (Å²) >= 11 is 0. The summed E-state index contributed by atoms with van der Waals surface area (Å²) in [6.07, 6.45) is 0.